The third-order valence-electron chi connectivity index (χ3n) is 3.28. The van der Waals surface area contributed by atoms with Gasteiger partial charge in [-0.05, 0) is 25.5 Å². The number of aliphatic hydroxyl groups excluding tert-OH is 1. The van der Waals surface area contributed by atoms with Crippen LogP contribution in [-0.2, 0) is 0 Å². The highest BCUT2D eigenvalue weighted by molar-refractivity contribution is 5.86. The molecule has 1 atom stereocenters. The SMILES string of the molecule is CCC(C)Oc1c(O)c2ccc(OCCCO)cc2oc1=O. The van der Waals surface area contributed by atoms with Gasteiger partial charge in [-0.25, -0.2) is 4.79 Å². The number of rotatable bonds is 7. The van der Waals surface area contributed by atoms with Crippen molar-refractivity contribution in [1.29, 1.82) is 0 Å². The Labute approximate surface area is 127 Å². The maximum atomic E-state index is 12.0. The van der Waals surface area contributed by atoms with Gasteiger partial charge in [-0.3, -0.25) is 0 Å². The fraction of sp³-hybridized carbons (Fsp3) is 0.438. The summed E-state index contributed by atoms with van der Waals surface area (Å²) < 4.78 is 16.0. The monoisotopic (exact) mass is 308 g/mol. The van der Waals surface area contributed by atoms with Crippen molar-refractivity contribution < 1.29 is 24.1 Å². The number of benzene rings is 1. The zero-order valence-electron chi connectivity index (χ0n) is 12.7. The lowest BCUT2D eigenvalue weighted by atomic mass is 10.2. The van der Waals surface area contributed by atoms with E-state index in [0.717, 1.165) is 0 Å². The minimum absolute atomic E-state index is 0.0414. The van der Waals surface area contributed by atoms with Gasteiger partial charge in [0.15, 0.2) is 5.75 Å². The van der Waals surface area contributed by atoms with Gasteiger partial charge in [-0.2, -0.15) is 0 Å². The minimum atomic E-state index is -0.724. The van der Waals surface area contributed by atoms with E-state index in [1.165, 1.54) is 6.07 Å². The summed E-state index contributed by atoms with van der Waals surface area (Å²) in [6.07, 6.45) is 1.01. The zero-order chi connectivity index (χ0) is 16.1. The molecule has 1 unspecified atom stereocenters. The molecule has 1 heterocycles. The molecule has 6 nitrogen and oxygen atoms in total. The molecule has 2 rings (SSSR count). The first-order valence-electron chi connectivity index (χ1n) is 7.27. The highest BCUT2D eigenvalue weighted by Crippen LogP contribution is 2.33. The molecule has 0 fully saturated rings. The maximum absolute atomic E-state index is 12.0. The fourth-order valence-corrected chi connectivity index (χ4v) is 1.88. The molecule has 0 aliphatic carbocycles. The fourth-order valence-electron chi connectivity index (χ4n) is 1.88. The molecule has 2 N–H and O–H groups in total. The predicted octanol–water partition coefficient (Wildman–Crippen LogP) is 2.44. The van der Waals surface area contributed by atoms with Crippen molar-refractivity contribution in [3.05, 3.63) is 28.6 Å². The Morgan fingerprint density at radius 2 is 2.14 bits per heavy atom. The van der Waals surface area contributed by atoms with Crippen LogP contribution in [0.1, 0.15) is 26.7 Å². The summed E-state index contributed by atoms with van der Waals surface area (Å²) in [4.78, 5) is 12.0. The van der Waals surface area contributed by atoms with Crippen LogP contribution >= 0.6 is 0 Å². The van der Waals surface area contributed by atoms with Gasteiger partial charge >= 0.3 is 5.63 Å². The second kappa shape index (κ2) is 7.17. The molecule has 0 aliphatic rings. The summed E-state index contributed by atoms with van der Waals surface area (Å²) in [6, 6.07) is 4.79. The minimum Gasteiger partial charge on any atom is -0.504 e. The van der Waals surface area contributed by atoms with Crippen LogP contribution in [0, 0.1) is 0 Å². The van der Waals surface area contributed by atoms with Crippen LogP contribution < -0.4 is 15.1 Å². The average Bonchev–Trinajstić information content (AvgIpc) is 2.51. The summed E-state index contributed by atoms with van der Waals surface area (Å²) in [6.45, 7) is 4.12. The van der Waals surface area contributed by atoms with Crippen LogP contribution in [-0.4, -0.2) is 29.5 Å². The molecule has 1 aromatic heterocycles. The maximum Gasteiger partial charge on any atom is 0.383 e. The second-order valence-corrected chi connectivity index (χ2v) is 4.99. The third kappa shape index (κ3) is 3.51. The van der Waals surface area contributed by atoms with Gasteiger partial charge in [0, 0.05) is 19.1 Å². The summed E-state index contributed by atoms with van der Waals surface area (Å²) in [5.74, 6) is 0.100. The van der Waals surface area contributed by atoms with Crippen LogP contribution in [0.25, 0.3) is 11.0 Å². The van der Waals surface area contributed by atoms with Crippen molar-refractivity contribution >= 4 is 11.0 Å². The molecule has 1 aromatic carbocycles. The molecule has 22 heavy (non-hydrogen) atoms. The summed E-state index contributed by atoms with van der Waals surface area (Å²) >= 11 is 0. The Hall–Kier alpha value is -2.21. The summed E-state index contributed by atoms with van der Waals surface area (Å²) in [5, 5.41) is 19.3. The van der Waals surface area contributed by atoms with Gasteiger partial charge in [0.25, 0.3) is 0 Å². The van der Waals surface area contributed by atoms with Gasteiger partial charge in [-0.1, -0.05) is 6.92 Å². The van der Waals surface area contributed by atoms with Crippen molar-refractivity contribution in [3.63, 3.8) is 0 Å². The van der Waals surface area contributed by atoms with E-state index in [2.05, 4.69) is 0 Å². The molecule has 2 aromatic rings. The van der Waals surface area contributed by atoms with E-state index >= 15 is 0 Å². The molecular formula is C16H20O6. The van der Waals surface area contributed by atoms with Gasteiger partial charge in [0.2, 0.25) is 5.75 Å². The molecule has 0 saturated carbocycles. The number of ether oxygens (including phenoxy) is 2. The Kier molecular flexibility index (Phi) is 5.27. The van der Waals surface area contributed by atoms with Crippen molar-refractivity contribution in [2.45, 2.75) is 32.8 Å². The van der Waals surface area contributed by atoms with E-state index < -0.39 is 5.63 Å². The van der Waals surface area contributed by atoms with E-state index in [1.54, 1.807) is 19.1 Å². The van der Waals surface area contributed by atoms with Crippen molar-refractivity contribution in [2.75, 3.05) is 13.2 Å². The molecule has 0 amide bonds. The predicted molar refractivity (Wildman–Crippen MR) is 81.7 cm³/mol. The van der Waals surface area contributed by atoms with Gasteiger partial charge in [0.05, 0.1) is 18.1 Å². The van der Waals surface area contributed by atoms with Crippen LogP contribution in [0.15, 0.2) is 27.4 Å². The van der Waals surface area contributed by atoms with E-state index in [9.17, 15) is 9.90 Å². The van der Waals surface area contributed by atoms with E-state index in [-0.39, 0.29) is 29.8 Å². The number of fused-ring (bicyclic) bond motifs is 1. The van der Waals surface area contributed by atoms with Crippen molar-refractivity contribution in [3.8, 4) is 17.2 Å². The number of hydrogen-bond donors (Lipinski definition) is 2. The number of aliphatic hydroxyl groups is 1. The first-order valence-corrected chi connectivity index (χ1v) is 7.27. The van der Waals surface area contributed by atoms with Crippen LogP contribution in [0.3, 0.4) is 0 Å². The van der Waals surface area contributed by atoms with Gasteiger partial charge in [-0.15, -0.1) is 0 Å². The molecule has 0 radical (unpaired) electrons. The topological polar surface area (TPSA) is 89.1 Å². The highest BCUT2D eigenvalue weighted by Gasteiger charge is 2.17. The molecule has 120 valence electrons. The van der Waals surface area contributed by atoms with Crippen LogP contribution in [0.2, 0.25) is 0 Å². The Morgan fingerprint density at radius 3 is 2.82 bits per heavy atom. The standard InChI is InChI=1S/C16H20O6/c1-3-10(2)21-15-14(18)12-6-5-11(20-8-4-7-17)9-13(12)22-16(15)19/h5-6,9-10,17-18H,3-4,7-8H2,1-2H3. The summed E-state index contributed by atoms with van der Waals surface area (Å²) in [7, 11) is 0. The summed E-state index contributed by atoms with van der Waals surface area (Å²) in [5.41, 5.74) is -0.502. The van der Waals surface area contributed by atoms with E-state index in [0.29, 0.717) is 30.6 Å². The van der Waals surface area contributed by atoms with E-state index in [4.69, 9.17) is 19.0 Å². The smallest absolute Gasteiger partial charge is 0.383 e. The van der Waals surface area contributed by atoms with Gasteiger partial charge < -0.3 is 24.1 Å². The number of hydrogen-bond acceptors (Lipinski definition) is 6. The van der Waals surface area contributed by atoms with Crippen LogP contribution in [0.5, 0.6) is 17.2 Å². The Morgan fingerprint density at radius 1 is 1.36 bits per heavy atom. The first-order chi connectivity index (χ1) is 10.6. The normalized spacial score (nSPS) is 12.3. The average molecular weight is 308 g/mol. The zero-order valence-corrected chi connectivity index (χ0v) is 12.7. The quantitative estimate of drug-likeness (QED) is 0.603. The van der Waals surface area contributed by atoms with Crippen LogP contribution in [0.4, 0.5) is 0 Å². The lowest BCUT2D eigenvalue weighted by molar-refractivity contribution is 0.200. The van der Waals surface area contributed by atoms with Crippen molar-refractivity contribution in [1.82, 2.24) is 0 Å². The molecule has 0 bridgehead atoms. The molecule has 0 saturated heterocycles. The second-order valence-electron chi connectivity index (χ2n) is 4.99. The lowest BCUT2D eigenvalue weighted by Crippen LogP contribution is -2.15. The highest BCUT2D eigenvalue weighted by atomic mass is 16.5. The first kappa shape index (κ1) is 16.2. The molecule has 0 aliphatic heterocycles. The molecule has 0 spiro atoms. The number of aromatic hydroxyl groups is 1. The third-order valence-corrected chi connectivity index (χ3v) is 3.28. The lowest BCUT2D eigenvalue weighted by Gasteiger charge is -2.13. The Bertz CT molecular complexity index is 691. The Balaban J connectivity index is 2.36. The van der Waals surface area contributed by atoms with Crippen molar-refractivity contribution in [2.24, 2.45) is 0 Å². The van der Waals surface area contributed by atoms with Gasteiger partial charge in [0.1, 0.15) is 11.3 Å². The largest absolute Gasteiger partial charge is 0.504 e. The molecule has 6 heteroatoms. The van der Waals surface area contributed by atoms with E-state index in [1.807, 2.05) is 6.92 Å². The molecular weight excluding hydrogens is 288 g/mol.